The molecule has 1 aromatic carbocycles. The number of aromatic nitrogens is 2. The fourth-order valence-electron chi connectivity index (χ4n) is 1.83. The van der Waals surface area contributed by atoms with E-state index >= 15 is 0 Å². The van der Waals surface area contributed by atoms with E-state index in [9.17, 15) is 9.59 Å². The molecule has 0 saturated carbocycles. The van der Waals surface area contributed by atoms with Crippen LogP contribution in [0.25, 0.3) is 0 Å². The second-order valence-corrected chi connectivity index (χ2v) is 4.46. The molecule has 1 heterocycles. The number of carbonyl (C=O) groups excluding carboxylic acids is 2. The van der Waals surface area contributed by atoms with Crippen LogP contribution in [0, 0.1) is 0 Å². The van der Waals surface area contributed by atoms with E-state index < -0.39 is 5.91 Å². The average Bonchev–Trinajstić information content (AvgIpc) is 2.60. The number of carbonyl (C=O) groups is 2. The van der Waals surface area contributed by atoms with E-state index in [1.54, 1.807) is 18.2 Å². The highest BCUT2D eigenvalue weighted by Gasteiger charge is 2.11. The molecule has 0 saturated heterocycles. The number of amides is 2. The smallest absolute Gasteiger partial charge is 0.289 e. The normalized spacial score (nSPS) is 9.83. The van der Waals surface area contributed by atoms with Crippen molar-refractivity contribution in [3.8, 4) is 11.5 Å². The van der Waals surface area contributed by atoms with Crippen LogP contribution < -0.4 is 20.3 Å². The van der Waals surface area contributed by atoms with Crippen molar-refractivity contribution < 1.29 is 19.1 Å². The molecule has 0 spiro atoms. The standard InChI is InChI=1S/C15H16N4O4/c1-22-12-4-3-10(7-13(12)23-2)8-14(20)18-19-15(21)11-9-16-5-6-17-11/h3-7,9H,8H2,1-2H3,(H,18,20)(H,19,21). The molecule has 0 aliphatic carbocycles. The van der Waals surface area contributed by atoms with Crippen molar-refractivity contribution in [3.63, 3.8) is 0 Å². The first kappa shape index (κ1) is 16.2. The van der Waals surface area contributed by atoms with Crippen LogP contribution in [-0.2, 0) is 11.2 Å². The molecule has 1 aromatic heterocycles. The van der Waals surface area contributed by atoms with Gasteiger partial charge in [0, 0.05) is 12.4 Å². The Morgan fingerprint density at radius 1 is 1.09 bits per heavy atom. The summed E-state index contributed by atoms with van der Waals surface area (Å²) in [6, 6.07) is 5.15. The molecule has 2 aromatic rings. The maximum atomic E-state index is 11.9. The summed E-state index contributed by atoms with van der Waals surface area (Å²) in [6.45, 7) is 0. The topological polar surface area (TPSA) is 102 Å². The van der Waals surface area contributed by atoms with Crippen LogP contribution >= 0.6 is 0 Å². The molecule has 2 amide bonds. The molecule has 8 heteroatoms. The van der Waals surface area contributed by atoms with Crippen LogP contribution in [0.2, 0.25) is 0 Å². The van der Waals surface area contributed by atoms with Crippen LogP contribution in [0.4, 0.5) is 0 Å². The van der Waals surface area contributed by atoms with Gasteiger partial charge in [-0.25, -0.2) is 4.98 Å². The van der Waals surface area contributed by atoms with E-state index in [1.165, 1.54) is 32.8 Å². The second-order valence-electron chi connectivity index (χ2n) is 4.46. The molecule has 0 fully saturated rings. The minimum absolute atomic E-state index is 0.0705. The molecule has 0 aliphatic rings. The highest BCUT2D eigenvalue weighted by atomic mass is 16.5. The van der Waals surface area contributed by atoms with Crippen molar-refractivity contribution in [2.45, 2.75) is 6.42 Å². The van der Waals surface area contributed by atoms with Crippen molar-refractivity contribution in [1.82, 2.24) is 20.8 Å². The molecule has 8 nitrogen and oxygen atoms in total. The highest BCUT2D eigenvalue weighted by Crippen LogP contribution is 2.27. The number of ether oxygens (including phenoxy) is 2. The third-order valence-electron chi connectivity index (χ3n) is 2.92. The van der Waals surface area contributed by atoms with E-state index in [0.717, 1.165) is 0 Å². The largest absolute Gasteiger partial charge is 0.493 e. The van der Waals surface area contributed by atoms with Crippen molar-refractivity contribution in [3.05, 3.63) is 48.0 Å². The molecule has 2 N–H and O–H groups in total. The maximum absolute atomic E-state index is 11.9. The van der Waals surface area contributed by atoms with Crippen LogP contribution in [-0.4, -0.2) is 36.0 Å². The Bertz CT molecular complexity index is 691. The molecular weight excluding hydrogens is 300 g/mol. The minimum atomic E-state index is -0.543. The number of hydrogen-bond donors (Lipinski definition) is 2. The van der Waals surface area contributed by atoms with Gasteiger partial charge in [0.1, 0.15) is 5.69 Å². The number of methoxy groups -OCH3 is 2. The predicted molar refractivity (Wildman–Crippen MR) is 80.9 cm³/mol. The van der Waals surface area contributed by atoms with Gasteiger partial charge in [-0.2, -0.15) is 0 Å². The lowest BCUT2D eigenvalue weighted by molar-refractivity contribution is -0.121. The van der Waals surface area contributed by atoms with E-state index in [2.05, 4.69) is 20.8 Å². The van der Waals surface area contributed by atoms with E-state index in [0.29, 0.717) is 17.1 Å². The van der Waals surface area contributed by atoms with Gasteiger partial charge in [0.05, 0.1) is 26.8 Å². The Kier molecular flexibility index (Phi) is 5.45. The second kappa shape index (κ2) is 7.74. The molecule has 2 rings (SSSR count). The summed E-state index contributed by atoms with van der Waals surface area (Å²) in [5, 5.41) is 0. The van der Waals surface area contributed by atoms with Gasteiger partial charge in [-0.1, -0.05) is 6.07 Å². The molecule has 0 aliphatic heterocycles. The monoisotopic (exact) mass is 316 g/mol. The Morgan fingerprint density at radius 2 is 1.87 bits per heavy atom. The fourth-order valence-corrected chi connectivity index (χ4v) is 1.83. The van der Waals surface area contributed by atoms with Crippen LogP contribution in [0.1, 0.15) is 16.1 Å². The summed E-state index contributed by atoms with van der Waals surface area (Å²) >= 11 is 0. The first-order chi connectivity index (χ1) is 11.1. The van der Waals surface area contributed by atoms with Crippen LogP contribution in [0.15, 0.2) is 36.8 Å². The molecule has 0 bridgehead atoms. The van der Waals surface area contributed by atoms with Gasteiger partial charge in [0.2, 0.25) is 5.91 Å². The molecule has 0 radical (unpaired) electrons. The number of hydrogen-bond acceptors (Lipinski definition) is 6. The Morgan fingerprint density at radius 3 is 2.52 bits per heavy atom. The Balaban J connectivity index is 1.91. The highest BCUT2D eigenvalue weighted by molar-refractivity contribution is 5.93. The van der Waals surface area contributed by atoms with Crippen LogP contribution in [0.5, 0.6) is 11.5 Å². The molecule has 0 atom stereocenters. The lowest BCUT2D eigenvalue weighted by Gasteiger charge is -2.10. The lowest BCUT2D eigenvalue weighted by atomic mass is 10.1. The number of rotatable bonds is 5. The minimum Gasteiger partial charge on any atom is -0.493 e. The summed E-state index contributed by atoms with van der Waals surface area (Å²) in [6.07, 6.45) is 4.21. The average molecular weight is 316 g/mol. The quantitative estimate of drug-likeness (QED) is 0.779. The van der Waals surface area contributed by atoms with Gasteiger partial charge in [-0.05, 0) is 17.7 Å². The number of nitrogens with zero attached hydrogens (tertiary/aromatic N) is 2. The van der Waals surface area contributed by atoms with E-state index in [1.807, 2.05) is 0 Å². The van der Waals surface area contributed by atoms with E-state index in [-0.39, 0.29) is 18.0 Å². The third kappa shape index (κ3) is 4.40. The van der Waals surface area contributed by atoms with Crippen molar-refractivity contribution in [2.75, 3.05) is 14.2 Å². The fraction of sp³-hybridized carbons (Fsp3) is 0.200. The van der Waals surface area contributed by atoms with Gasteiger partial charge in [-0.15, -0.1) is 0 Å². The molecular formula is C15H16N4O4. The van der Waals surface area contributed by atoms with Gasteiger partial charge >= 0.3 is 0 Å². The zero-order valence-electron chi connectivity index (χ0n) is 12.7. The third-order valence-corrected chi connectivity index (χ3v) is 2.92. The number of hydrazine groups is 1. The van der Waals surface area contributed by atoms with Gasteiger partial charge < -0.3 is 9.47 Å². The molecule has 23 heavy (non-hydrogen) atoms. The predicted octanol–water partition coefficient (Wildman–Crippen LogP) is 0.497. The first-order valence-corrected chi connectivity index (χ1v) is 6.70. The summed E-state index contributed by atoms with van der Waals surface area (Å²) in [5.41, 5.74) is 5.42. The molecule has 0 unspecified atom stereocenters. The number of nitrogens with one attached hydrogen (secondary N) is 2. The summed E-state index contributed by atoms with van der Waals surface area (Å²) in [7, 11) is 3.05. The SMILES string of the molecule is COc1ccc(CC(=O)NNC(=O)c2cnccn2)cc1OC. The van der Waals surface area contributed by atoms with Crippen molar-refractivity contribution in [1.29, 1.82) is 0 Å². The van der Waals surface area contributed by atoms with Gasteiger partial charge in [0.15, 0.2) is 11.5 Å². The van der Waals surface area contributed by atoms with Gasteiger partial charge in [0.25, 0.3) is 5.91 Å². The lowest BCUT2D eigenvalue weighted by Crippen LogP contribution is -2.42. The first-order valence-electron chi connectivity index (χ1n) is 6.70. The van der Waals surface area contributed by atoms with Crippen LogP contribution in [0.3, 0.4) is 0 Å². The summed E-state index contributed by atoms with van der Waals surface area (Å²) < 4.78 is 10.3. The zero-order valence-corrected chi connectivity index (χ0v) is 12.7. The maximum Gasteiger partial charge on any atom is 0.289 e. The summed E-state index contributed by atoms with van der Waals surface area (Å²) in [4.78, 5) is 31.2. The van der Waals surface area contributed by atoms with E-state index in [4.69, 9.17) is 9.47 Å². The number of benzene rings is 1. The van der Waals surface area contributed by atoms with Gasteiger partial charge in [-0.3, -0.25) is 25.4 Å². The Labute approximate surface area is 132 Å². The van der Waals surface area contributed by atoms with Crippen molar-refractivity contribution >= 4 is 11.8 Å². The summed E-state index contributed by atoms with van der Waals surface area (Å²) in [5.74, 6) is 0.183. The zero-order chi connectivity index (χ0) is 16.7. The molecule has 120 valence electrons. The van der Waals surface area contributed by atoms with Crippen molar-refractivity contribution in [2.24, 2.45) is 0 Å². The Hall–Kier alpha value is -3.16.